The number of amides is 2. The predicted molar refractivity (Wildman–Crippen MR) is 75.5 cm³/mol. The minimum absolute atomic E-state index is 0.00145. The molecule has 0 spiro atoms. The van der Waals surface area contributed by atoms with E-state index in [4.69, 9.17) is 0 Å². The fraction of sp³-hybridized carbons (Fsp3) is 0.385. The van der Waals surface area contributed by atoms with Gasteiger partial charge in [-0.1, -0.05) is 0 Å². The molecule has 1 aromatic rings. The molecule has 100 valence electrons. The molecule has 19 heavy (non-hydrogen) atoms. The molecule has 0 aliphatic carbocycles. The minimum Gasteiger partial charge on any atom is -0.325 e. The molecule has 0 radical (unpaired) electrons. The lowest BCUT2D eigenvalue weighted by atomic mass is 10.2. The van der Waals surface area contributed by atoms with Crippen LogP contribution in [0.5, 0.6) is 0 Å². The zero-order chi connectivity index (χ0) is 13.2. The van der Waals surface area contributed by atoms with Crippen LogP contribution in [0, 0.1) is 0 Å². The lowest BCUT2D eigenvalue weighted by Gasteiger charge is -2.18. The Balaban J connectivity index is 1.73. The van der Waals surface area contributed by atoms with Crippen molar-refractivity contribution in [1.82, 2.24) is 5.32 Å². The molecule has 1 aromatic carbocycles. The number of thioether (sulfide) groups is 1. The van der Waals surface area contributed by atoms with E-state index < -0.39 is 0 Å². The Bertz CT molecular complexity index is 527. The van der Waals surface area contributed by atoms with Gasteiger partial charge in [0.2, 0.25) is 11.8 Å². The van der Waals surface area contributed by atoms with Gasteiger partial charge >= 0.3 is 0 Å². The third kappa shape index (κ3) is 2.74. The van der Waals surface area contributed by atoms with E-state index in [2.05, 4.69) is 16.0 Å². The Labute approximate surface area is 115 Å². The van der Waals surface area contributed by atoms with Gasteiger partial charge in [-0.2, -0.15) is 0 Å². The maximum Gasteiger partial charge on any atom is 0.241 e. The van der Waals surface area contributed by atoms with E-state index in [0.717, 1.165) is 35.7 Å². The first kappa shape index (κ1) is 12.5. The molecular formula is C13H15N3O2S. The van der Waals surface area contributed by atoms with Crippen molar-refractivity contribution < 1.29 is 9.59 Å². The van der Waals surface area contributed by atoms with E-state index in [9.17, 15) is 9.59 Å². The van der Waals surface area contributed by atoms with Crippen molar-refractivity contribution in [2.45, 2.75) is 23.8 Å². The zero-order valence-corrected chi connectivity index (χ0v) is 11.2. The van der Waals surface area contributed by atoms with Crippen LogP contribution in [0.15, 0.2) is 23.1 Å². The Morgan fingerprint density at radius 3 is 3.11 bits per heavy atom. The van der Waals surface area contributed by atoms with Gasteiger partial charge in [-0.3, -0.25) is 9.59 Å². The van der Waals surface area contributed by atoms with Crippen molar-refractivity contribution in [3.63, 3.8) is 0 Å². The second kappa shape index (κ2) is 5.22. The number of nitrogens with one attached hydrogen (secondary N) is 3. The molecule has 1 atom stereocenters. The molecule has 6 heteroatoms. The first-order valence-corrected chi connectivity index (χ1v) is 7.32. The Hall–Kier alpha value is -1.53. The maximum absolute atomic E-state index is 12.0. The van der Waals surface area contributed by atoms with Crippen molar-refractivity contribution in [3.05, 3.63) is 18.2 Å². The molecule has 0 saturated carbocycles. The largest absolute Gasteiger partial charge is 0.325 e. The van der Waals surface area contributed by atoms with Gasteiger partial charge < -0.3 is 16.0 Å². The number of rotatable bonds is 2. The van der Waals surface area contributed by atoms with Gasteiger partial charge in [0.15, 0.2) is 0 Å². The first-order valence-electron chi connectivity index (χ1n) is 6.33. The number of hydrogen-bond donors (Lipinski definition) is 3. The highest BCUT2D eigenvalue weighted by atomic mass is 32.2. The average molecular weight is 277 g/mol. The number of hydrogen-bond acceptors (Lipinski definition) is 4. The highest BCUT2D eigenvalue weighted by Crippen LogP contribution is 2.33. The topological polar surface area (TPSA) is 70.2 Å². The quantitative estimate of drug-likeness (QED) is 0.764. The van der Waals surface area contributed by atoms with Crippen LogP contribution in [-0.2, 0) is 9.59 Å². The molecule has 2 aliphatic rings. The summed E-state index contributed by atoms with van der Waals surface area (Å²) in [6.07, 6.45) is 1.92. The summed E-state index contributed by atoms with van der Waals surface area (Å²) in [4.78, 5) is 24.4. The van der Waals surface area contributed by atoms with Gasteiger partial charge in [0.05, 0.1) is 17.5 Å². The van der Waals surface area contributed by atoms with Crippen molar-refractivity contribution >= 4 is 35.0 Å². The number of fused-ring (bicyclic) bond motifs is 1. The van der Waals surface area contributed by atoms with Crippen LogP contribution in [0.4, 0.5) is 11.4 Å². The minimum atomic E-state index is -0.0972. The SMILES string of the molecule is O=C1CSc2ccc(NC(=O)[C@@H]3CCCN3)cc2N1. The molecular weight excluding hydrogens is 262 g/mol. The van der Waals surface area contributed by atoms with Crippen LogP contribution in [0.25, 0.3) is 0 Å². The van der Waals surface area contributed by atoms with Crippen LogP contribution in [0.2, 0.25) is 0 Å². The molecule has 2 heterocycles. The summed E-state index contributed by atoms with van der Waals surface area (Å²) in [6, 6.07) is 5.51. The molecule has 1 saturated heterocycles. The third-order valence-electron chi connectivity index (χ3n) is 3.26. The van der Waals surface area contributed by atoms with Crippen molar-refractivity contribution in [1.29, 1.82) is 0 Å². The van der Waals surface area contributed by atoms with Crippen molar-refractivity contribution in [3.8, 4) is 0 Å². The Kier molecular flexibility index (Phi) is 3.44. The van der Waals surface area contributed by atoms with Crippen molar-refractivity contribution in [2.24, 2.45) is 0 Å². The normalized spacial score (nSPS) is 21.7. The molecule has 0 unspecified atom stereocenters. The average Bonchev–Trinajstić information content (AvgIpc) is 2.92. The summed E-state index contributed by atoms with van der Waals surface area (Å²) in [5, 5.41) is 8.86. The summed E-state index contributed by atoms with van der Waals surface area (Å²) >= 11 is 1.51. The van der Waals surface area contributed by atoms with Gasteiger partial charge in [0, 0.05) is 10.6 Å². The molecule has 2 aliphatic heterocycles. The summed E-state index contributed by atoms with van der Waals surface area (Å²) in [5.41, 5.74) is 1.50. The fourth-order valence-electron chi connectivity index (χ4n) is 2.30. The number of benzene rings is 1. The van der Waals surface area contributed by atoms with Gasteiger partial charge in [0.25, 0.3) is 0 Å². The summed E-state index contributed by atoms with van der Waals surface area (Å²) in [7, 11) is 0. The molecule has 0 bridgehead atoms. The molecule has 2 amide bonds. The van der Waals surface area contributed by atoms with Gasteiger partial charge in [-0.05, 0) is 37.6 Å². The highest BCUT2D eigenvalue weighted by Gasteiger charge is 2.22. The maximum atomic E-state index is 12.0. The molecule has 5 nitrogen and oxygen atoms in total. The number of carbonyl (C=O) groups is 2. The summed E-state index contributed by atoms with van der Waals surface area (Å²) in [6.45, 7) is 0.898. The van der Waals surface area contributed by atoms with Gasteiger partial charge in [-0.15, -0.1) is 11.8 Å². The lowest BCUT2D eigenvalue weighted by molar-refractivity contribution is -0.117. The van der Waals surface area contributed by atoms with Crippen LogP contribution >= 0.6 is 11.8 Å². The van der Waals surface area contributed by atoms with E-state index in [1.54, 1.807) is 0 Å². The second-order valence-electron chi connectivity index (χ2n) is 4.69. The third-order valence-corrected chi connectivity index (χ3v) is 4.33. The highest BCUT2D eigenvalue weighted by molar-refractivity contribution is 8.00. The van der Waals surface area contributed by atoms with Crippen molar-refractivity contribution in [2.75, 3.05) is 22.9 Å². The van der Waals surface area contributed by atoms with E-state index in [1.807, 2.05) is 18.2 Å². The number of carbonyl (C=O) groups excluding carboxylic acids is 2. The summed E-state index contributed by atoms with van der Waals surface area (Å²) in [5.74, 6) is 0.440. The molecule has 0 aromatic heterocycles. The van der Waals surface area contributed by atoms with E-state index in [1.165, 1.54) is 11.8 Å². The Morgan fingerprint density at radius 1 is 1.42 bits per heavy atom. The van der Waals surface area contributed by atoms with E-state index >= 15 is 0 Å². The van der Waals surface area contributed by atoms with Crippen LogP contribution < -0.4 is 16.0 Å². The van der Waals surface area contributed by atoms with Crippen LogP contribution in [0.1, 0.15) is 12.8 Å². The molecule has 3 N–H and O–H groups in total. The van der Waals surface area contributed by atoms with Crippen LogP contribution in [-0.4, -0.2) is 30.2 Å². The lowest BCUT2D eigenvalue weighted by Crippen LogP contribution is -2.35. The molecule has 1 fully saturated rings. The second-order valence-corrected chi connectivity index (χ2v) is 5.70. The van der Waals surface area contributed by atoms with Gasteiger partial charge in [-0.25, -0.2) is 0 Å². The smallest absolute Gasteiger partial charge is 0.241 e. The monoisotopic (exact) mass is 277 g/mol. The zero-order valence-electron chi connectivity index (χ0n) is 10.4. The Morgan fingerprint density at radius 2 is 2.32 bits per heavy atom. The first-order chi connectivity index (χ1) is 9.22. The predicted octanol–water partition coefficient (Wildman–Crippen LogP) is 1.42. The summed E-state index contributed by atoms with van der Waals surface area (Å²) < 4.78 is 0. The van der Waals surface area contributed by atoms with Gasteiger partial charge in [0.1, 0.15) is 0 Å². The standard InChI is InChI=1S/C13H15N3O2S/c17-12-7-19-11-4-3-8(6-10(11)16-12)15-13(18)9-2-1-5-14-9/h3-4,6,9,14H,1-2,5,7H2,(H,15,18)(H,16,17)/t9-/m0/s1. The van der Waals surface area contributed by atoms with E-state index in [0.29, 0.717) is 5.75 Å². The van der Waals surface area contributed by atoms with Crippen LogP contribution in [0.3, 0.4) is 0 Å². The van der Waals surface area contributed by atoms with E-state index in [-0.39, 0.29) is 17.9 Å². The molecule has 3 rings (SSSR count). The number of anilines is 2. The fourth-order valence-corrected chi connectivity index (χ4v) is 3.09.